The molecule has 0 spiro atoms. The second-order valence-electron chi connectivity index (χ2n) is 2.67. The van der Waals surface area contributed by atoms with Crippen LogP contribution in [0.1, 0.15) is 13.8 Å². The third kappa shape index (κ3) is 2.50. The number of methoxy groups -OCH3 is 1. The van der Waals surface area contributed by atoms with Crippen LogP contribution in [0.25, 0.3) is 0 Å². The van der Waals surface area contributed by atoms with Gasteiger partial charge in [-0.25, -0.2) is 0 Å². The van der Waals surface area contributed by atoms with Crippen LogP contribution < -0.4 is 0 Å². The smallest absolute Gasteiger partial charge is 0.0982 e. The topological polar surface area (TPSA) is 29.5 Å². The second-order valence-corrected chi connectivity index (χ2v) is 2.67. The first-order valence-electron chi connectivity index (χ1n) is 3.47. The maximum Gasteiger partial charge on any atom is 0.0982 e. The molecule has 0 bridgehead atoms. The number of aliphatic hydroxyl groups is 1. The molecule has 0 heterocycles. The first kappa shape index (κ1) is 9.66. The van der Waals surface area contributed by atoms with E-state index < -0.39 is 6.10 Å². The van der Waals surface area contributed by atoms with Gasteiger partial charge in [-0.2, -0.15) is 0 Å². The SMILES string of the molecule is C=CC(O)C(OC)C(C)C. The minimum Gasteiger partial charge on any atom is -0.386 e. The normalized spacial score (nSPS) is 16.9. The first-order valence-corrected chi connectivity index (χ1v) is 3.47. The molecule has 0 saturated carbocycles. The molecule has 0 rings (SSSR count). The Morgan fingerprint density at radius 1 is 1.50 bits per heavy atom. The molecular weight excluding hydrogens is 128 g/mol. The largest absolute Gasteiger partial charge is 0.386 e. The highest BCUT2D eigenvalue weighted by Crippen LogP contribution is 2.10. The van der Waals surface area contributed by atoms with E-state index in [9.17, 15) is 5.11 Å². The van der Waals surface area contributed by atoms with E-state index in [1.165, 1.54) is 6.08 Å². The van der Waals surface area contributed by atoms with Gasteiger partial charge in [0.2, 0.25) is 0 Å². The van der Waals surface area contributed by atoms with Crippen molar-refractivity contribution < 1.29 is 9.84 Å². The fraction of sp³-hybridized carbons (Fsp3) is 0.750. The standard InChI is InChI=1S/C8H16O2/c1-5-7(9)8(10-4)6(2)3/h5-9H,1H2,2-4H3. The van der Waals surface area contributed by atoms with Gasteiger partial charge in [0.05, 0.1) is 12.2 Å². The lowest BCUT2D eigenvalue weighted by molar-refractivity contribution is -0.0155. The number of hydrogen-bond acceptors (Lipinski definition) is 2. The van der Waals surface area contributed by atoms with Crippen molar-refractivity contribution in [1.29, 1.82) is 0 Å². The van der Waals surface area contributed by atoms with Crippen LogP contribution in [0.15, 0.2) is 12.7 Å². The van der Waals surface area contributed by atoms with Crippen LogP contribution in [0.3, 0.4) is 0 Å². The van der Waals surface area contributed by atoms with Crippen LogP contribution in [-0.2, 0) is 4.74 Å². The molecule has 2 unspecified atom stereocenters. The van der Waals surface area contributed by atoms with E-state index in [0.29, 0.717) is 5.92 Å². The van der Waals surface area contributed by atoms with Crippen molar-refractivity contribution in [3.05, 3.63) is 12.7 Å². The summed E-state index contributed by atoms with van der Waals surface area (Å²) in [6.45, 7) is 7.48. The van der Waals surface area contributed by atoms with Gasteiger partial charge in [0, 0.05) is 7.11 Å². The lowest BCUT2D eigenvalue weighted by atomic mass is 10.0. The summed E-state index contributed by atoms with van der Waals surface area (Å²) in [6.07, 6.45) is 0.816. The maximum atomic E-state index is 9.25. The number of rotatable bonds is 4. The minimum absolute atomic E-state index is 0.127. The summed E-state index contributed by atoms with van der Waals surface area (Å²) < 4.78 is 5.04. The van der Waals surface area contributed by atoms with Crippen molar-refractivity contribution in [1.82, 2.24) is 0 Å². The molecular formula is C8H16O2. The molecule has 0 aromatic heterocycles. The fourth-order valence-corrected chi connectivity index (χ4v) is 0.940. The summed E-state index contributed by atoms with van der Waals surface area (Å²) in [5.74, 6) is 0.318. The quantitative estimate of drug-likeness (QED) is 0.601. The lowest BCUT2D eigenvalue weighted by Crippen LogP contribution is -2.30. The van der Waals surface area contributed by atoms with Gasteiger partial charge in [-0.05, 0) is 5.92 Å². The first-order chi connectivity index (χ1) is 4.63. The second kappa shape index (κ2) is 4.47. The summed E-state index contributed by atoms with van der Waals surface area (Å²) in [5.41, 5.74) is 0. The van der Waals surface area contributed by atoms with E-state index >= 15 is 0 Å². The molecule has 2 heteroatoms. The third-order valence-electron chi connectivity index (χ3n) is 1.51. The Hall–Kier alpha value is -0.340. The van der Waals surface area contributed by atoms with Crippen LogP contribution in [-0.4, -0.2) is 24.4 Å². The van der Waals surface area contributed by atoms with E-state index in [1.54, 1.807) is 7.11 Å². The predicted molar refractivity (Wildman–Crippen MR) is 41.8 cm³/mol. The van der Waals surface area contributed by atoms with Crippen molar-refractivity contribution in [2.45, 2.75) is 26.1 Å². The summed E-state index contributed by atoms with van der Waals surface area (Å²) in [4.78, 5) is 0. The maximum absolute atomic E-state index is 9.25. The van der Waals surface area contributed by atoms with Crippen LogP contribution >= 0.6 is 0 Å². The van der Waals surface area contributed by atoms with Crippen molar-refractivity contribution in [2.24, 2.45) is 5.92 Å². The molecule has 60 valence electrons. The zero-order chi connectivity index (χ0) is 8.15. The predicted octanol–water partition coefficient (Wildman–Crippen LogP) is 1.20. The summed E-state index contributed by atoms with van der Waals surface area (Å²) in [6, 6.07) is 0. The highest BCUT2D eigenvalue weighted by atomic mass is 16.5. The molecule has 0 amide bonds. The summed E-state index contributed by atoms with van der Waals surface area (Å²) in [5, 5.41) is 9.25. The third-order valence-corrected chi connectivity index (χ3v) is 1.51. The highest BCUT2D eigenvalue weighted by Gasteiger charge is 2.18. The Bertz CT molecular complexity index is 99.4. The Balaban J connectivity index is 3.92. The van der Waals surface area contributed by atoms with E-state index in [0.717, 1.165) is 0 Å². The zero-order valence-corrected chi connectivity index (χ0v) is 6.87. The van der Waals surface area contributed by atoms with Crippen LogP contribution in [0.5, 0.6) is 0 Å². The average Bonchev–Trinajstić information content (AvgIpc) is 1.88. The molecule has 1 N–H and O–H groups in total. The van der Waals surface area contributed by atoms with Crippen molar-refractivity contribution >= 4 is 0 Å². The van der Waals surface area contributed by atoms with Gasteiger partial charge >= 0.3 is 0 Å². The lowest BCUT2D eigenvalue weighted by Gasteiger charge is -2.22. The van der Waals surface area contributed by atoms with Crippen LogP contribution in [0.4, 0.5) is 0 Å². The van der Waals surface area contributed by atoms with Crippen LogP contribution in [0, 0.1) is 5.92 Å². The van der Waals surface area contributed by atoms with Gasteiger partial charge in [-0.15, -0.1) is 6.58 Å². The minimum atomic E-state index is -0.551. The van der Waals surface area contributed by atoms with E-state index in [2.05, 4.69) is 6.58 Å². The van der Waals surface area contributed by atoms with E-state index in [-0.39, 0.29) is 6.10 Å². The Morgan fingerprint density at radius 2 is 2.00 bits per heavy atom. The van der Waals surface area contributed by atoms with Gasteiger partial charge < -0.3 is 9.84 Å². The molecule has 0 aromatic carbocycles. The van der Waals surface area contributed by atoms with Crippen molar-refractivity contribution in [3.63, 3.8) is 0 Å². The molecule has 0 aliphatic rings. The molecule has 0 aliphatic carbocycles. The monoisotopic (exact) mass is 144 g/mol. The molecule has 0 aromatic rings. The molecule has 10 heavy (non-hydrogen) atoms. The molecule has 0 aliphatic heterocycles. The van der Waals surface area contributed by atoms with Gasteiger partial charge in [-0.3, -0.25) is 0 Å². The molecule has 2 atom stereocenters. The van der Waals surface area contributed by atoms with Gasteiger partial charge in [0.15, 0.2) is 0 Å². The van der Waals surface area contributed by atoms with E-state index in [1.807, 2.05) is 13.8 Å². The fourth-order valence-electron chi connectivity index (χ4n) is 0.940. The van der Waals surface area contributed by atoms with E-state index in [4.69, 9.17) is 4.74 Å². The number of hydrogen-bond donors (Lipinski definition) is 1. The summed E-state index contributed by atoms with van der Waals surface area (Å²) >= 11 is 0. The molecule has 0 saturated heterocycles. The number of aliphatic hydroxyl groups excluding tert-OH is 1. The Morgan fingerprint density at radius 3 is 2.10 bits per heavy atom. The average molecular weight is 144 g/mol. The van der Waals surface area contributed by atoms with Gasteiger partial charge in [0.25, 0.3) is 0 Å². The van der Waals surface area contributed by atoms with Crippen molar-refractivity contribution in [3.8, 4) is 0 Å². The van der Waals surface area contributed by atoms with Gasteiger partial charge in [0.1, 0.15) is 0 Å². The molecule has 0 fully saturated rings. The Labute approximate surface area is 62.5 Å². The Kier molecular flexibility index (Phi) is 4.32. The molecule has 2 nitrogen and oxygen atoms in total. The number of ether oxygens (including phenoxy) is 1. The van der Waals surface area contributed by atoms with Gasteiger partial charge in [-0.1, -0.05) is 19.9 Å². The zero-order valence-electron chi connectivity index (χ0n) is 6.87. The summed E-state index contributed by atoms with van der Waals surface area (Å²) in [7, 11) is 1.59. The van der Waals surface area contributed by atoms with Crippen molar-refractivity contribution in [2.75, 3.05) is 7.11 Å². The highest BCUT2D eigenvalue weighted by molar-refractivity contribution is 4.86. The van der Waals surface area contributed by atoms with Crippen LogP contribution in [0.2, 0.25) is 0 Å². The molecule has 0 radical (unpaired) electrons.